The lowest BCUT2D eigenvalue weighted by molar-refractivity contribution is -0.124. The third kappa shape index (κ3) is 3.43. The van der Waals surface area contributed by atoms with Crippen LogP contribution in [0.2, 0.25) is 5.15 Å². The Bertz CT molecular complexity index is 451. The molecule has 1 N–H and O–H groups in total. The second-order valence-corrected chi connectivity index (χ2v) is 4.40. The van der Waals surface area contributed by atoms with E-state index in [0.29, 0.717) is 12.1 Å². The maximum absolute atomic E-state index is 12.1. The van der Waals surface area contributed by atoms with Crippen molar-refractivity contribution in [2.24, 2.45) is 5.92 Å². The second-order valence-electron chi connectivity index (χ2n) is 4.04. The third-order valence-electron chi connectivity index (χ3n) is 2.58. The van der Waals surface area contributed by atoms with Gasteiger partial charge >= 0.3 is 0 Å². The standard InChI is InChI=1S/C12H16ClN3O2/c1-8(11(17)14-2)7-16(3)12(18)9-5-4-6-15-10(9)13/h4-6,8H,7H2,1-3H3,(H,14,17). The summed E-state index contributed by atoms with van der Waals surface area (Å²) in [6.07, 6.45) is 1.52. The number of carbonyl (C=O) groups is 2. The Hall–Kier alpha value is -1.62. The molecule has 0 radical (unpaired) electrons. The zero-order valence-electron chi connectivity index (χ0n) is 10.6. The highest BCUT2D eigenvalue weighted by Gasteiger charge is 2.20. The molecule has 18 heavy (non-hydrogen) atoms. The normalized spacial score (nSPS) is 11.8. The number of nitrogens with zero attached hydrogens (tertiary/aromatic N) is 2. The van der Waals surface area contributed by atoms with Gasteiger partial charge in [0.25, 0.3) is 5.91 Å². The predicted molar refractivity (Wildman–Crippen MR) is 69.4 cm³/mol. The van der Waals surface area contributed by atoms with Gasteiger partial charge in [-0.1, -0.05) is 18.5 Å². The van der Waals surface area contributed by atoms with Gasteiger partial charge in [-0.15, -0.1) is 0 Å². The summed E-state index contributed by atoms with van der Waals surface area (Å²) < 4.78 is 0. The fourth-order valence-corrected chi connectivity index (χ4v) is 1.77. The van der Waals surface area contributed by atoms with Crippen molar-refractivity contribution < 1.29 is 9.59 Å². The van der Waals surface area contributed by atoms with E-state index < -0.39 is 0 Å². The quantitative estimate of drug-likeness (QED) is 0.835. The number of nitrogens with one attached hydrogen (secondary N) is 1. The molecule has 1 unspecified atom stereocenters. The Balaban J connectivity index is 2.74. The molecule has 2 amide bonds. The molecule has 98 valence electrons. The molecule has 0 aliphatic rings. The van der Waals surface area contributed by atoms with Crippen LogP contribution in [0.3, 0.4) is 0 Å². The Kier molecular flexibility index (Phi) is 5.09. The van der Waals surface area contributed by atoms with Crippen LogP contribution in [0.15, 0.2) is 18.3 Å². The molecule has 0 spiro atoms. The van der Waals surface area contributed by atoms with Crippen molar-refractivity contribution in [3.8, 4) is 0 Å². The van der Waals surface area contributed by atoms with E-state index in [9.17, 15) is 9.59 Å². The SMILES string of the molecule is CNC(=O)C(C)CN(C)C(=O)c1cccnc1Cl. The number of hydrogen-bond donors (Lipinski definition) is 1. The first-order valence-electron chi connectivity index (χ1n) is 5.55. The summed E-state index contributed by atoms with van der Waals surface area (Å²) in [6.45, 7) is 2.08. The van der Waals surface area contributed by atoms with Crippen LogP contribution >= 0.6 is 11.6 Å². The minimum atomic E-state index is -0.278. The number of amides is 2. The van der Waals surface area contributed by atoms with Gasteiger partial charge in [0.05, 0.1) is 11.5 Å². The molecule has 6 heteroatoms. The van der Waals surface area contributed by atoms with E-state index in [1.54, 1.807) is 33.2 Å². The summed E-state index contributed by atoms with van der Waals surface area (Å²) >= 11 is 5.85. The fourth-order valence-electron chi connectivity index (χ4n) is 1.57. The Labute approximate surface area is 111 Å². The van der Waals surface area contributed by atoms with Crippen molar-refractivity contribution in [2.45, 2.75) is 6.92 Å². The minimum absolute atomic E-state index is 0.105. The van der Waals surface area contributed by atoms with Gasteiger partial charge in [-0.05, 0) is 12.1 Å². The van der Waals surface area contributed by atoms with E-state index in [1.165, 1.54) is 11.1 Å². The summed E-state index contributed by atoms with van der Waals surface area (Å²) in [6, 6.07) is 3.26. The number of pyridine rings is 1. The Morgan fingerprint density at radius 3 is 2.78 bits per heavy atom. The molecule has 1 aromatic heterocycles. The van der Waals surface area contributed by atoms with Crippen molar-refractivity contribution in [3.05, 3.63) is 29.0 Å². The van der Waals surface area contributed by atoms with E-state index >= 15 is 0 Å². The maximum atomic E-state index is 12.1. The van der Waals surface area contributed by atoms with Crippen LogP contribution < -0.4 is 5.32 Å². The van der Waals surface area contributed by atoms with Crippen LogP contribution in [0.25, 0.3) is 0 Å². The largest absolute Gasteiger partial charge is 0.359 e. The molecule has 0 aromatic carbocycles. The molecule has 0 aliphatic heterocycles. The van der Waals surface area contributed by atoms with Crippen LogP contribution in [0.5, 0.6) is 0 Å². The fraction of sp³-hybridized carbons (Fsp3) is 0.417. The molecule has 1 atom stereocenters. The smallest absolute Gasteiger partial charge is 0.256 e. The molecule has 1 heterocycles. The van der Waals surface area contributed by atoms with Gasteiger partial charge in [0.2, 0.25) is 5.91 Å². The van der Waals surface area contributed by atoms with Crippen LogP contribution in [0, 0.1) is 5.92 Å². The van der Waals surface area contributed by atoms with Crippen molar-refractivity contribution in [1.82, 2.24) is 15.2 Å². The molecule has 0 aliphatic carbocycles. The third-order valence-corrected chi connectivity index (χ3v) is 2.88. The molecule has 5 nitrogen and oxygen atoms in total. The molecule has 1 rings (SSSR count). The van der Waals surface area contributed by atoms with Crippen LogP contribution in [-0.2, 0) is 4.79 Å². The molecule has 0 bridgehead atoms. The highest BCUT2D eigenvalue weighted by molar-refractivity contribution is 6.32. The zero-order valence-corrected chi connectivity index (χ0v) is 11.4. The number of carbonyl (C=O) groups excluding carboxylic acids is 2. The van der Waals surface area contributed by atoms with Gasteiger partial charge in [0.1, 0.15) is 5.15 Å². The summed E-state index contributed by atoms with van der Waals surface area (Å²) in [5, 5.41) is 2.71. The van der Waals surface area contributed by atoms with E-state index in [-0.39, 0.29) is 22.9 Å². The molecule has 1 aromatic rings. The van der Waals surface area contributed by atoms with E-state index in [4.69, 9.17) is 11.6 Å². The van der Waals surface area contributed by atoms with Gasteiger partial charge in [-0.2, -0.15) is 0 Å². The van der Waals surface area contributed by atoms with E-state index in [2.05, 4.69) is 10.3 Å². The van der Waals surface area contributed by atoms with Crippen molar-refractivity contribution >= 4 is 23.4 Å². The Morgan fingerprint density at radius 1 is 1.56 bits per heavy atom. The van der Waals surface area contributed by atoms with Gasteiger partial charge in [0, 0.05) is 26.8 Å². The molecular formula is C12H16ClN3O2. The number of halogens is 1. The number of rotatable bonds is 4. The lowest BCUT2D eigenvalue weighted by Crippen LogP contribution is -2.37. The monoisotopic (exact) mass is 269 g/mol. The highest BCUT2D eigenvalue weighted by atomic mass is 35.5. The summed E-state index contributed by atoms with van der Waals surface area (Å²) in [4.78, 5) is 28.8. The predicted octanol–water partition coefficient (Wildman–Crippen LogP) is 1.19. The van der Waals surface area contributed by atoms with Gasteiger partial charge in [0.15, 0.2) is 0 Å². The van der Waals surface area contributed by atoms with Crippen LogP contribution in [0.4, 0.5) is 0 Å². The Morgan fingerprint density at radius 2 is 2.22 bits per heavy atom. The summed E-state index contributed by atoms with van der Waals surface area (Å²) in [5.41, 5.74) is 0.339. The van der Waals surface area contributed by atoms with Crippen molar-refractivity contribution in [1.29, 1.82) is 0 Å². The van der Waals surface area contributed by atoms with E-state index in [1.807, 2.05) is 0 Å². The lowest BCUT2D eigenvalue weighted by Gasteiger charge is -2.21. The highest BCUT2D eigenvalue weighted by Crippen LogP contribution is 2.14. The average molecular weight is 270 g/mol. The van der Waals surface area contributed by atoms with Crippen LogP contribution in [0.1, 0.15) is 17.3 Å². The van der Waals surface area contributed by atoms with Gasteiger partial charge in [-0.3, -0.25) is 9.59 Å². The maximum Gasteiger partial charge on any atom is 0.256 e. The van der Waals surface area contributed by atoms with Crippen molar-refractivity contribution in [3.63, 3.8) is 0 Å². The minimum Gasteiger partial charge on any atom is -0.359 e. The summed E-state index contributed by atoms with van der Waals surface area (Å²) in [7, 11) is 3.20. The number of aromatic nitrogens is 1. The molecular weight excluding hydrogens is 254 g/mol. The summed E-state index contributed by atoms with van der Waals surface area (Å²) in [5.74, 6) is -0.629. The molecule has 0 saturated carbocycles. The average Bonchev–Trinajstić information content (AvgIpc) is 2.37. The second kappa shape index (κ2) is 6.35. The molecule has 0 saturated heterocycles. The first kappa shape index (κ1) is 14.4. The lowest BCUT2D eigenvalue weighted by atomic mass is 10.1. The first-order chi connectivity index (χ1) is 8.47. The topological polar surface area (TPSA) is 62.3 Å². The first-order valence-corrected chi connectivity index (χ1v) is 5.92. The van der Waals surface area contributed by atoms with E-state index in [0.717, 1.165) is 0 Å². The van der Waals surface area contributed by atoms with Crippen LogP contribution in [-0.4, -0.2) is 42.3 Å². The molecule has 0 fully saturated rings. The zero-order chi connectivity index (χ0) is 13.7. The van der Waals surface area contributed by atoms with Crippen molar-refractivity contribution in [2.75, 3.05) is 20.6 Å². The van der Waals surface area contributed by atoms with Gasteiger partial charge < -0.3 is 10.2 Å². The number of hydrogen-bond acceptors (Lipinski definition) is 3. The van der Waals surface area contributed by atoms with Gasteiger partial charge in [-0.25, -0.2) is 4.98 Å².